The van der Waals surface area contributed by atoms with Gasteiger partial charge in [0.1, 0.15) is 11.1 Å². The molecule has 41 heavy (non-hydrogen) atoms. The van der Waals surface area contributed by atoms with Gasteiger partial charge in [-0.15, -0.1) is 11.3 Å². The number of nitrogens with one attached hydrogen (secondary N) is 1. The largest absolute Gasteiger partial charge is 0.445 e. The number of amides is 1. The van der Waals surface area contributed by atoms with Crippen LogP contribution >= 0.6 is 11.3 Å². The van der Waals surface area contributed by atoms with Crippen LogP contribution in [-0.2, 0) is 10.2 Å². The van der Waals surface area contributed by atoms with Gasteiger partial charge in [-0.3, -0.25) is 0 Å². The van der Waals surface area contributed by atoms with Crippen LogP contribution in [0, 0.1) is 30.1 Å². The molecule has 7 atom stereocenters. The predicted octanol–water partition coefficient (Wildman–Crippen LogP) is 7.16. The van der Waals surface area contributed by atoms with E-state index in [9.17, 15) is 15.0 Å². The highest BCUT2D eigenvalue weighted by Crippen LogP contribution is 2.60. The Labute approximate surface area is 250 Å². The number of rotatable bonds is 9. The van der Waals surface area contributed by atoms with E-state index < -0.39 is 12.2 Å². The molecule has 4 aliphatic carbocycles. The lowest BCUT2D eigenvalue weighted by Crippen LogP contribution is -2.38. The van der Waals surface area contributed by atoms with E-state index in [-0.39, 0.29) is 23.0 Å². The number of hydrogen-bond donors (Lipinski definition) is 3. The lowest BCUT2D eigenvalue weighted by molar-refractivity contribution is 0.0525. The molecule has 1 aromatic rings. The Hall–Kier alpha value is -1.96. The van der Waals surface area contributed by atoms with Crippen LogP contribution in [-0.4, -0.2) is 46.1 Å². The zero-order valence-electron chi connectivity index (χ0n) is 25.5. The summed E-state index contributed by atoms with van der Waals surface area (Å²) in [5.74, 6) is 1.75. The quantitative estimate of drug-likeness (QED) is 0.287. The number of alkyl carbamates (subject to hydrolysis) is 1. The molecule has 0 aromatic carbocycles. The number of carbonyl (C=O) groups is 1. The minimum Gasteiger partial charge on any atom is -0.445 e. The van der Waals surface area contributed by atoms with Crippen molar-refractivity contribution in [2.24, 2.45) is 23.2 Å². The molecule has 0 bridgehead atoms. The van der Waals surface area contributed by atoms with E-state index in [0.29, 0.717) is 37.1 Å². The van der Waals surface area contributed by atoms with Gasteiger partial charge in [0.25, 0.3) is 0 Å². The van der Waals surface area contributed by atoms with Gasteiger partial charge in [-0.25, -0.2) is 9.78 Å². The molecule has 226 valence electrons. The molecule has 1 amide bonds. The second-order valence-corrected chi connectivity index (χ2v) is 14.5. The van der Waals surface area contributed by atoms with Crippen molar-refractivity contribution in [3.05, 3.63) is 51.5 Å². The summed E-state index contributed by atoms with van der Waals surface area (Å²) in [5, 5.41) is 26.5. The number of hydrogen-bond acceptors (Lipinski definition) is 6. The summed E-state index contributed by atoms with van der Waals surface area (Å²) >= 11 is 1.71. The van der Waals surface area contributed by atoms with Gasteiger partial charge in [-0.2, -0.15) is 0 Å². The van der Waals surface area contributed by atoms with Crippen LogP contribution < -0.4 is 5.32 Å². The minimum absolute atomic E-state index is 0.121. The van der Waals surface area contributed by atoms with Gasteiger partial charge in [0, 0.05) is 24.0 Å². The average molecular weight is 583 g/mol. The molecule has 7 heteroatoms. The molecule has 4 aliphatic rings. The number of aryl methyl sites for hydroxylation is 1. The van der Waals surface area contributed by atoms with E-state index in [2.05, 4.69) is 43.3 Å². The molecule has 1 aromatic heterocycles. The van der Waals surface area contributed by atoms with E-state index in [0.717, 1.165) is 54.0 Å². The maximum absolute atomic E-state index is 12.6. The summed E-state index contributed by atoms with van der Waals surface area (Å²) in [6.45, 7) is 13.6. The van der Waals surface area contributed by atoms with Crippen molar-refractivity contribution in [2.75, 3.05) is 6.54 Å². The zero-order valence-corrected chi connectivity index (χ0v) is 26.3. The van der Waals surface area contributed by atoms with E-state index >= 15 is 0 Å². The van der Waals surface area contributed by atoms with Crippen LogP contribution in [0.25, 0.3) is 0 Å². The normalized spacial score (nSPS) is 34.3. The first-order chi connectivity index (χ1) is 19.6. The first kappa shape index (κ1) is 30.5. The third-order valence-corrected chi connectivity index (χ3v) is 12.1. The summed E-state index contributed by atoms with van der Waals surface area (Å²) in [5.41, 5.74) is 4.46. The lowest BCUT2D eigenvalue weighted by atomic mass is 9.60. The molecule has 0 radical (unpaired) electrons. The number of allylic oxidation sites excluding steroid dienone is 3. The Morgan fingerprint density at radius 1 is 1.27 bits per heavy atom. The fourth-order valence-corrected chi connectivity index (χ4v) is 9.55. The minimum atomic E-state index is -0.646. The molecule has 0 unspecified atom stereocenters. The smallest absolute Gasteiger partial charge is 0.407 e. The van der Waals surface area contributed by atoms with Gasteiger partial charge >= 0.3 is 6.09 Å². The highest BCUT2D eigenvalue weighted by atomic mass is 32.1. The number of aliphatic hydroxyl groups is 2. The van der Waals surface area contributed by atoms with Crippen molar-refractivity contribution in [3.63, 3.8) is 0 Å². The highest BCUT2D eigenvalue weighted by molar-refractivity contribution is 7.09. The Morgan fingerprint density at radius 2 is 2.05 bits per heavy atom. The van der Waals surface area contributed by atoms with Crippen molar-refractivity contribution >= 4 is 17.4 Å². The first-order valence-electron chi connectivity index (χ1n) is 15.9. The highest BCUT2D eigenvalue weighted by Gasteiger charge is 2.56. The summed E-state index contributed by atoms with van der Waals surface area (Å²) in [4.78, 5) is 17.4. The molecule has 1 heterocycles. The molecule has 4 fully saturated rings. The average Bonchev–Trinajstić information content (AvgIpc) is 3.48. The molecule has 0 aliphatic heterocycles. The molecular formula is C34H50N2O4S. The second kappa shape index (κ2) is 12.3. The summed E-state index contributed by atoms with van der Waals surface area (Å²) in [7, 11) is 0. The van der Waals surface area contributed by atoms with Crippen LogP contribution in [0.1, 0.15) is 102 Å². The van der Waals surface area contributed by atoms with E-state index in [1.807, 2.05) is 13.8 Å². The van der Waals surface area contributed by atoms with Crippen LogP contribution in [0.15, 0.2) is 40.8 Å². The van der Waals surface area contributed by atoms with E-state index in [1.165, 1.54) is 31.3 Å². The van der Waals surface area contributed by atoms with Crippen molar-refractivity contribution in [2.45, 2.75) is 122 Å². The Kier molecular flexibility index (Phi) is 9.18. The van der Waals surface area contributed by atoms with Crippen molar-refractivity contribution in [3.8, 4) is 0 Å². The molecule has 0 saturated heterocycles. The number of nitrogens with zero attached hydrogens (tertiary/aromatic N) is 1. The number of aliphatic hydroxyl groups excluding tert-OH is 2. The summed E-state index contributed by atoms with van der Waals surface area (Å²) < 4.78 is 6.12. The molecule has 4 saturated carbocycles. The number of thiazole rings is 1. The number of carbonyl (C=O) groups excluding carboxylic acids is 1. The van der Waals surface area contributed by atoms with Gasteiger partial charge in [-0.05, 0) is 112 Å². The third kappa shape index (κ3) is 6.23. The SMILES string of the molecule is C=C1/C(=C\C=C2/CCC[C@]3(C)[C@@H]([C@H](C)CC[C@@H](OC(=O)NCC)C4(c5nc(C)cs5)CC4)CC[C@@H]23)C[C@@H](O)C[C@@H]1O. The van der Waals surface area contributed by atoms with Gasteiger partial charge in [-0.1, -0.05) is 38.2 Å². The topological polar surface area (TPSA) is 91.7 Å². The Morgan fingerprint density at radius 3 is 2.73 bits per heavy atom. The van der Waals surface area contributed by atoms with Gasteiger partial charge < -0.3 is 20.3 Å². The molecule has 6 nitrogen and oxygen atoms in total. The fraction of sp³-hybridized carbons (Fsp3) is 0.706. The lowest BCUT2D eigenvalue weighted by Gasteiger charge is -2.44. The van der Waals surface area contributed by atoms with E-state index in [4.69, 9.17) is 9.72 Å². The monoisotopic (exact) mass is 582 g/mol. The van der Waals surface area contributed by atoms with Crippen LogP contribution in [0.4, 0.5) is 4.79 Å². The Balaban J connectivity index is 1.28. The maximum Gasteiger partial charge on any atom is 0.407 e. The first-order valence-corrected chi connectivity index (χ1v) is 16.8. The second-order valence-electron chi connectivity index (χ2n) is 13.6. The van der Waals surface area contributed by atoms with E-state index in [1.54, 1.807) is 11.3 Å². The van der Waals surface area contributed by atoms with Crippen molar-refractivity contribution < 1.29 is 19.7 Å². The summed E-state index contributed by atoms with van der Waals surface area (Å²) in [6, 6.07) is 0. The standard InChI is InChI=1S/C34H50N2O4S/c1-6-35-32(39)40-30(34(16-17-34)31-36-22(3)20-41-31)14-9-21(2)27-12-13-28-24(8-7-15-33(27,28)5)10-11-25-18-26(37)19-29(38)23(25)4/h10-11,20-21,26-30,37-38H,4,6-9,12-19H2,1-3,5H3,(H,35,39)/b24-10+,25-11-/t21-,26-,27-,28+,29+,30-,33-/m1/s1. The van der Waals surface area contributed by atoms with Crippen molar-refractivity contribution in [1.82, 2.24) is 10.3 Å². The third-order valence-electron chi connectivity index (χ3n) is 10.9. The Bertz CT molecular complexity index is 1180. The zero-order chi connectivity index (χ0) is 29.4. The van der Waals surface area contributed by atoms with Gasteiger partial charge in [0.2, 0.25) is 0 Å². The predicted molar refractivity (Wildman–Crippen MR) is 165 cm³/mol. The van der Waals surface area contributed by atoms with Crippen molar-refractivity contribution in [1.29, 1.82) is 0 Å². The molecule has 3 N–H and O–H groups in total. The number of ether oxygens (including phenoxy) is 1. The van der Waals surface area contributed by atoms with Crippen LogP contribution in [0.2, 0.25) is 0 Å². The number of fused-ring (bicyclic) bond motifs is 1. The number of aromatic nitrogens is 1. The molecular weight excluding hydrogens is 532 g/mol. The maximum atomic E-state index is 12.6. The molecule has 5 rings (SSSR count). The molecule has 0 spiro atoms. The summed E-state index contributed by atoms with van der Waals surface area (Å²) in [6.07, 6.45) is 13.8. The van der Waals surface area contributed by atoms with Crippen LogP contribution in [0.5, 0.6) is 0 Å². The fourth-order valence-electron chi connectivity index (χ4n) is 8.45. The van der Waals surface area contributed by atoms with Gasteiger partial charge in [0.15, 0.2) is 0 Å². The van der Waals surface area contributed by atoms with Crippen LogP contribution in [0.3, 0.4) is 0 Å². The van der Waals surface area contributed by atoms with Gasteiger partial charge in [0.05, 0.1) is 17.6 Å².